The van der Waals surface area contributed by atoms with Crippen molar-refractivity contribution in [2.24, 2.45) is 5.41 Å². The summed E-state index contributed by atoms with van der Waals surface area (Å²) >= 11 is 0. The van der Waals surface area contributed by atoms with Crippen molar-refractivity contribution in [1.29, 1.82) is 0 Å². The third-order valence-electron chi connectivity index (χ3n) is 4.81. The van der Waals surface area contributed by atoms with Crippen LogP contribution in [0.3, 0.4) is 0 Å². The Balaban J connectivity index is 1.87. The summed E-state index contributed by atoms with van der Waals surface area (Å²) in [5.41, 5.74) is 11.6. The molecule has 2 nitrogen and oxygen atoms in total. The molecule has 1 aromatic carbocycles. The predicted molar refractivity (Wildman–Crippen MR) is 72.2 cm³/mol. The second kappa shape index (κ2) is 3.74. The maximum absolute atomic E-state index is 6.03. The van der Waals surface area contributed by atoms with Crippen LogP contribution < -0.4 is 11.1 Å². The highest BCUT2D eigenvalue weighted by atomic mass is 14.9. The van der Waals surface area contributed by atoms with Gasteiger partial charge in [0.25, 0.3) is 0 Å². The first-order valence-electron chi connectivity index (χ1n) is 6.70. The highest BCUT2D eigenvalue weighted by Crippen LogP contribution is 2.64. The Morgan fingerprint density at radius 2 is 1.76 bits per heavy atom. The highest BCUT2D eigenvalue weighted by Gasteiger charge is 2.54. The number of rotatable bonds is 1. The van der Waals surface area contributed by atoms with E-state index in [0.29, 0.717) is 5.41 Å². The smallest absolute Gasteiger partial charge is 0.0373 e. The van der Waals surface area contributed by atoms with Crippen LogP contribution in [0, 0.1) is 19.3 Å². The minimum Gasteiger partial charge on any atom is -0.398 e. The molecule has 3 rings (SSSR count). The lowest BCUT2D eigenvalue weighted by molar-refractivity contribution is 0.342. The first-order valence-corrected chi connectivity index (χ1v) is 6.70. The summed E-state index contributed by atoms with van der Waals surface area (Å²) in [6.45, 7) is 6.65. The monoisotopic (exact) mass is 230 g/mol. The van der Waals surface area contributed by atoms with Crippen LogP contribution in [0.1, 0.15) is 41.9 Å². The fraction of sp³-hybridized carbons (Fsp3) is 0.600. The van der Waals surface area contributed by atoms with E-state index in [9.17, 15) is 0 Å². The van der Waals surface area contributed by atoms with Gasteiger partial charge in [0.15, 0.2) is 0 Å². The first-order chi connectivity index (χ1) is 8.12. The van der Waals surface area contributed by atoms with Crippen LogP contribution in [-0.2, 0) is 0 Å². The molecule has 1 atom stereocenters. The van der Waals surface area contributed by atoms with E-state index >= 15 is 0 Å². The molecule has 0 radical (unpaired) electrons. The molecular formula is C15H22N2. The van der Waals surface area contributed by atoms with Crippen molar-refractivity contribution < 1.29 is 0 Å². The SMILES string of the molecule is Cc1cc(C2CC23CCNCC3)cc(C)c1N. The summed E-state index contributed by atoms with van der Waals surface area (Å²) in [4.78, 5) is 0. The highest BCUT2D eigenvalue weighted by molar-refractivity contribution is 5.55. The van der Waals surface area contributed by atoms with E-state index in [1.807, 2.05) is 0 Å². The number of benzene rings is 1. The van der Waals surface area contributed by atoms with Crippen molar-refractivity contribution in [1.82, 2.24) is 5.32 Å². The fourth-order valence-electron chi connectivity index (χ4n) is 3.51. The zero-order valence-corrected chi connectivity index (χ0v) is 10.8. The molecule has 2 aliphatic rings. The average Bonchev–Trinajstić information content (AvgIpc) is 3.00. The van der Waals surface area contributed by atoms with Crippen LogP contribution >= 0.6 is 0 Å². The Labute approximate surface area is 104 Å². The largest absolute Gasteiger partial charge is 0.398 e. The molecule has 92 valence electrons. The number of anilines is 1. The quantitative estimate of drug-likeness (QED) is 0.728. The standard InChI is InChI=1S/C15H22N2/c1-10-7-12(8-11(2)14(10)16)13-9-15(13)3-5-17-6-4-15/h7-8,13,17H,3-6,9,16H2,1-2H3. The van der Waals surface area contributed by atoms with Gasteiger partial charge in [-0.15, -0.1) is 0 Å². The number of aryl methyl sites for hydroxylation is 2. The maximum atomic E-state index is 6.03. The molecule has 3 N–H and O–H groups in total. The molecule has 1 aliphatic carbocycles. The minimum atomic E-state index is 0.625. The van der Waals surface area contributed by atoms with Crippen LogP contribution in [0.25, 0.3) is 0 Å². The van der Waals surface area contributed by atoms with Gasteiger partial charge in [0.1, 0.15) is 0 Å². The Morgan fingerprint density at radius 1 is 1.18 bits per heavy atom. The number of piperidine rings is 1. The van der Waals surface area contributed by atoms with E-state index in [2.05, 4.69) is 31.3 Å². The van der Waals surface area contributed by atoms with E-state index in [0.717, 1.165) is 11.6 Å². The molecule has 1 aliphatic heterocycles. The van der Waals surface area contributed by atoms with Crippen LogP contribution in [0.15, 0.2) is 12.1 Å². The third kappa shape index (κ3) is 1.75. The lowest BCUT2D eigenvalue weighted by atomic mass is 9.88. The molecule has 0 aromatic heterocycles. The number of nitrogens with two attached hydrogens (primary N) is 1. The van der Waals surface area contributed by atoms with Crippen LogP contribution in [-0.4, -0.2) is 13.1 Å². The molecule has 1 aromatic rings. The van der Waals surface area contributed by atoms with Gasteiger partial charge in [-0.1, -0.05) is 12.1 Å². The van der Waals surface area contributed by atoms with Gasteiger partial charge in [-0.25, -0.2) is 0 Å². The molecular weight excluding hydrogens is 208 g/mol. The molecule has 17 heavy (non-hydrogen) atoms. The lowest BCUT2D eigenvalue weighted by Crippen LogP contribution is -2.29. The Bertz CT molecular complexity index is 421. The molecule has 2 heteroatoms. The van der Waals surface area contributed by atoms with Gasteiger partial charge in [-0.3, -0.25) is 0 Å². The maximum Gasteiger partial charge on any atom is 0.0373 e. The molecule has 0 amide bonds. The van der Waals surface area contributed by atoms with Crippen molar-refractivity contribution in [3.8, 4) is 0 Å². The van der Waals surface area contributed by atoms with E-state index < -0.39 is 0 Å². The summed E-state index contributed by atoms with van der Waals surface area (Å²) < 4.78 is 0. The molecule has 1 heterocycles. The van der Waals surface area contributed by atoms with Crippen LogP contribution in [0.5, 0.6) is 0 Å². The second-order valence-electron chi connectivity index (χ2n) is 5.94. The van der Waals surface area contributed by atoms with E-state index in [-0.39, 0.29) is 0 Å². The van der Waals surface area contributed by atoms with Gasteiger partial charge >= 0.3 is 0 Å². The normalized spacial score (nSPS) is 26.1. The number of hydrogen-bond donors (Lipinski definition) is 2. The number of nitrogens with one attached hydrogen (secondary N) is 1. The van der Waals surface area contributed by atoms with Crippen molar-refractivity contribution in [3.63, 3.8) is 0 Å². The average molecular weight is 230 g/mol. The van der Waals surface area contributed by atoms with Gasteiger partial charge in [0.05, 0.1) is 0 Å². The van der Waals surface area contributed by atoms with Gasteiger partial charge in [0.2, 0.25) is 0 Å². The number of hydrogen-bond acceptors (Lipinski definition) is 2. The van der Waals surface area contributed by atoms with Gasteiger partial charge in [-0.2, -0.15) is 0 Å². The zero-order valence-electron chi connectivity index (χ0n) is 10.8. The summed E-state index contributed by atoms with van der Waals surface area (Å²) in [5.74, 6) is 0.794. The predicted octanol–water partition coefficient (Wildman–Crippen LogP) is 2.74. The van der Waals surface area contributed by atoms with Crippen LogP contribution in [0.4, 0.5) is 5.69 Å². The molecule has 1 saturated carbocycles. The van der Waals surface area contributed by atoms with Crippen LogP contribution in [0.2, 0.25) is 0 Å². The van der Waals surface area contributed by atoms with Gasteiger partial charge < -0.3 is 11.1 Å². The molecule has 1 spiro atoms. The van der Waals surface area contributed by atoms with Crippen molar-refractivity contribution in [2.75, 3.05) is 18.8 Å². The lowest BCUT2D eigenvalue weighted by Gasteiger charge is -2.24. The Morgan fingerprint density at radius 3 is 2.35 bits per heavy atom. The van der Waals surface area contributed by atoms with Gasteiger partial charge in [-0.05, 0) is 74.2 Å². The Kier molecular flexibility index (Phi) is 2.44. The minimum absolute atomic E-state index is 0.625. The van der Waals surface area contributed by atoms with Gasteiger partial charge in [0, 0.05) is 5.69 Å². The third-order valence-corrected chi connectivity index (χ3v) is 4.81. The summed E-state index contributed by atoms with van der Waals surface area (Å²) in [6, 6.07) is 4.62. The molecule has 1 saturated heterocycles. The molecule has 1 unspecified atom stereocenters. The Hall–Kier alpha value is -1.02. The topological polar surface area (TPSA) is 38.0 Å². The molecule has 0 bridgehead atoms. The van der Waals surface area contributed by atoms with E-state index in [1.165, 1.54) is 49.0 Å². The van der Waals surface area contributed by atoms with Crippen molar-refractivity contribution >= 4 is 5.69 Å². The van der Waals surface area contributed by atoms with E-state index in [1.54, 1.807) is 0 Å². The fourth-order valence-corrected chi connectivity index (χ4v) is 3.51. The zero-order chi connectivity index (χ0) is 12.0. The van der Waals surface area contributed by atoms with Crippen molar-refractivity contribution in [3.05, 3.63) is 28.8 Å². The summed E-state index contributed by atoms with van der Waals surface area (Å²) in [6.07, 6.45) is 4.08. The second-order valence-corrected chi connectivity index (χ2v) is 5.94. The van der Waals surface area contributed by atoms with Crippen molar-refractivity contribution in [2.45, 2.75) is 39.0 Å². The summed E-state index contributed by atoms with van der Waals surface area (Å²) in [5, 5.41) is 3.46. The van der Waals surface area contributed by atoms with E-state index in [4.69, 9.17) is 5.73 Å². The number of nitrogen functional groups attached to an aromatic ring is 1. The first kappa shape index (κ1) is 11.1. The molecule has 2 fully saturated rings. The summed E-state index contributed by atoms with van der Waals surface area (Å²) in [7, 11) is 0.